The Hall–Kier alpha value is -2.54. The quantitative estimate of drug-likeness (QED) is 0.338. The summed E-state index contributed by atoms with van der Waals surface area (Å²) < 4.78 is 50.5. The maximum Gasteiger partial charge on any atom is 0.303 e. The van der Waals surface area contributed by atoms with Crippen LogP contribution < -0.4 is 0 Å². The highest BCUT2D eigenvalue weighted by Crippen LogP contribution is 2.29. The van der Waals surface area contributed by atoms with Crippen LogP contribution >= 0.6 is 0 Å². The summed E-state index contributed by atoms with van der Waals surface area (Å²) in [6.45, 7) is 4.28. The number of esters is 3. The van der Waals surface area contributed by atoms with Crippen LogP contribution in [0.15, 0.2) is 29.2 Å². The summed E-state index contributed by atoms with van der Waals surface area (Å²) >= 11 is 0. The monoisotopic (exact) mass is 460 g/mol. The van der Waals surface area contributed by atoms with Crippen LogP contribution in [0, 0.1) is 6.92 Å². The van der Waals surface area contributed by atoms with Gasteiger partial charge >= 0.3 is 17.9 Å². The molecule has 0 aliphatic carbocycles. The van der Waals surface area contributed by atoms with E-state index in [1.165, 1.54) is 12.1 Å². The molecule has 11 nitrogen and oxygen atoms in total. The van der Waals surface area contributed by atoms with Crippen LogP contribution in [0.1, 0.15) is 26.3 Å². The number of ether oxygens (including phenoxy) is 4. The summed E-state index contributed by atoms with van der Waals surface area (Å²) in [5, 5.41) is 10.3. The van der Waals surface area contributed by atoms with Gasteiger partial charge in [-0.25, -0.2) is 0 Å². The fourth-order valence-corrected chi connectivity index (χ4v) is 3.85. The minimum absolute atomic E-state index is 0.118. The first-order valence-corrected chi connectivity index (χ1v) is 10.6. The molecule has 0 amide bonds. The number of aliphatic hydroxyl groups excluding tert-OH is 1. The molecule has 1 aliphatic rings. The van der Waals surface area contributed by atoms with Crippen molar-refractivity contribution in [3.8, 4) is 0 Å². The molecule has 0 unspecified atom stereocenters. The first-order valence-electron chi connectivity index (χ1n) is 9.22. The third kappa shape index (κ3) is 6.72. The Morgan fingerprint density at radius 1 is 0.903 bits per heavy atom. The number of carbonyl (C=O) groups is 3. The van der Waals surface area contributed by atoms with Crippen molar-refractivity contribution in [3.05, 3.63) is 29.8 Å². The molecular weight excluding hydrogens is 436 g/mol. The van der Waals surface area contributed by atoms with E-state index in [-0.39, 0.29) is 4.90 Å². The molecule has 0 bridgehead atoms. The van der Waals surface area contributed by atoms with Crippen molar-refractivity contribution in [3.63, 3.8) is 0 Å². The molecule has 172 valence electrons. The highest BCUT2D eigenvalue weighted by molar-refractivity contribution is 7.86. The Morgan fingerprint density at radius 3 is 1.90 bits per heavy atom. The van der Waals surface area contributed by atoms with Gasteiger partial charge in [0.2, 0.25) is 0 Å². The van der Waals surface area contributed by atoms with Crippen molar-refractivity contribution in [2.45, 2.75) is 63.3 Å². The zero-order valence-corrected chi connectivity index (χ0v) is 18.2. The summed E-state index contributed by atoms with van der Waals surface area (Å²) in [4.78, 5) is 34.4. The lowest BCUT2D eigenvalue weighted by molar-refractivity contribution is -0.294. The van der Waals surface area contributed by atoms with E-state index >= 15 is 0 Å². The highest BCUT2D eigenvalue weighted by atomic mass is 32.2. The summed E-state index contributed by atoms with van der Waals surface area (Å²) in [5.74, 6) is -2.45. The molecular formula is C19H24O11S. The Bertz CT molecular complexity index is 909. The maximum atomic E-state index is 12.5. The Labute approximate surface area is 179 Å². The second-order valence-corrected chi connectivity index (χ2v) is 8.45. The SMILES string of the molecule is CC(=O)O[C@@H]1[C@H](OC(C)=O)[C@@H](O)O[C@H](COS(=O)(=O)c2ccc(C)cc2)[C@H]1OC(C)=O. The first kappa shape index (κ1) is 24.7. The molecule has 1 saturated heterocycles. The van der Waals surface area contributed by atoms with E-state index in [0.717, 1.165) is 26.3 Å². The van der Waals surface area contributed by atoms with Crippen molar-refractivity contribution in [1.29, 1.82) is 0 Å². The van der Waals surface area contributed by atoms with Crippen LogP contribution in [0.3, 0.4) is 0 Å². The van der Waals surface area contributed by atoms with E-state index < -0.39 is 65.3 Å². The lowest BCUT2D eigenvalue weighted by atomic mass is 9.98. The maximum absolute atomic E-state index is 12.5. The van der Waals surface area contributed by atoms with E-state index in [9.17, 15) is 27.9 Å². The van der Waals surface area contributed by atoms with E-state index in [4.69, 9.17) is 23.1 Å². The number of hydrogen-bond donors (Lipinski definition) is 1. The zero-order chi connectivity index (χ0) is 23.3. The van der Waals surface area contributed by atoms with Gasteiger partial charge in [0, 0.05) is 20.8 Å². The number of aliphatic hydroxyl groups is 1. The minimum Gasteiger partial charge on any atom is -0.456 e. The summed E-state index contributed by atoms with van der Waals surface area (Å²) in [7, 11) is -4.21. The van der Waals surface area contributed by atoms with Gasteiger partial charge < -0.3 is 24.1 Å². The molecule has 5 atom stereocenters. The molecule has 1 heterocycles. The Balaban J connectivity index is 2.29. The highest BCUT2D eigenvalue weighted by Gasteiger charge is 2.51. The third-order valence-electron chi connectivity index (χ3n) is 4.21. The fraction of sp³-hybridized carbons (Fsp3) is 0.526. The number of carbonyl (C=O) groups excluding carboxylic acids is 3. The number of aryl methyl sites for hydroxylation is 1. The molecule has 0 radical (unpaired) electrons. The lowest BCUT2D eigenvalue weighted by Crippen LogP contribution is -2.62. The van der Waals surface area contributed by atoms with Crippen LogP contribution in [0.25, 0.3) is 0 Å². The molecule has 12 heteroatoms. The molecule has 1 aromatic rings. The van der Waals surface area contributed by atoms with Gasteiger partial charge in [-0.3, -0.25) is 18.6 Å². The smallest absolute Gasteiger partial charge is 0.303 e. The van der Waals surface area contributed by atoms with Gasteiger partial charge in [0.25, 0.3) is 10.1 Å². The van der Waals surface area contributed by atoms with Gasteiger partial charge in [-0.1, -0.05) is 17.7 Å². The molecule has 1 aromatic carbocycles. The van der Waals surface area contributed by atoms with Crippen LogP contribution in [-0.2, 0) is 47.6 Å². The predicted octanol–water partition coefficient (Wildman–Crippen LogP) is 0.213. The van der Waals surface area contributed by atoms with Crippen LogP contribution in [0.4, 0.5) is 0 Å². The Kier molecular flexibility index (Phi) is 8.12. The van der Waals surface area contributed by atoms with E-state index in [2.05, 4.69) is 0 Å². The summed E-state index contributed by atoms with van der Waals surface area (Å²) in [6, 6.07) is 5.87. The van der Waals surface area contributed by atoms with Gasteiger partial charge in [0.15, 0.2) is 24.6 Å². The van der Waals surface area contributed by atoms with Crippen molar-refractivity contribution in [2.75, 3.05) is 6.61 Å². The van der Waals surface area contributed by atoms with Crippen molar-refractivity contribution < 1.29 is 51.0 Å². The molecule has 2 rings (SSSR count). The second-order valence-electron chi connectivity index (χ2n) is 6.84. The minimum atomic E-state index is -4.21. The Morgan fingerprint density at radius 2 is 1.39 bits per heavy atom. The van der Waals surface area contributed by atoms with Gasteiger partial charge in [-0.15, -0.1) is 0 Å². The molecule has 0 spiro atoms. The van der Waals surface area contributed by atoms with Gasteiger partial charge in [-0.2, -0.15) is 8.42 Å². The van der Waals surface area contributed by atoms with E-state index in [0.29, 0.717) is 0 Å². The summed E-state index contributed by atoms with van der Waals surface area (Å²) in [6.07, 6.45) is -7.59. The molecule has 1 aliphatic heterocycles. The molecule has 31 heavy (non-hydrogen) atoms. The van der Waals surface area contributed by atoms with Crippen LogP contribution in [0.2, 0.25) is 0 Å². The lowest BCUT2D eigenvalue weighted by Gasteiger charge is -2.42. The van der Waals surface area contributed by atoms with E-state index in [1.54, 1.807) is 19.1 Å². The second kappa shape index (κ2) is 10.2. The zero-order valence-electron chi connectivity index (χ0n) is 17.3. The van der Waals surface area contributed by atoms with Crippen molar-refractivity contribution in [1.82, 2.24) is 0 Å². The fourth-order valence-electron chi connectivity index (χ4n) is 2.94. The van der Waals surface area contributed by atoms with Crippen molar-refractivity contribution >= 4 is 28.0 Å². The molecule has 0 aromatic heterocycles. The van der Waals surface area contributed by atoms with Gasteiger partial charge in [0.05, 0.1) is 11.5 Å². The normalized spacial score (nSPS) is 26.0. The third-order valence-corrected chi connectivity index (χ3v) is 5.51. The summed E-state index contributed by atoms with van der Waals surface area (Å²) in [5.41, 5.74) is 0.841. The molecule has 1 N–H and O–H groups in total. The molecule has 1 fully saturated rings. The van der Waals surface area contributed by atoms with E-state index in [1.807, 2.05) is 0 Å². The topological polar surface area (TPSA) is 152 Å². The average Bonchev–Trinajstić information content (AvgIpc) is 2.65. The van der Waals surface area contributed by atoms with Crippen LogP contribution in [0.5, 0.6) is 0 Å². The number of benzene rings is 1. The first-order chi connectivity index (χ1) is 14.4. The average molecular weight is 460 g/mol. The number of rotatable bonds is 7. The largest absolute Gasteiger partial charge is 0.456 e. The number of hydrogen-bond acceptors (Lipinski definition) is 11. The van der Waals surface area contributed by atoms with Gasteiger partial charge in [-0.05, 0) is 19.1 Å². The van der Waals surface area contributed by atoms with Crippen molar-refractivity contribution in [2.24, 2.45) is 0 Å². The van der Waals surface area contributed by atoms with Crippen LogP contribution in [-0.4, -0.2) is 68.7 Å². The standard InChI is InChI=1S/C19H24O11S/c1-10-5-7-14(8-6-10)31(24,25)26-9-15-16(27-11(2)20)17(28-12(3)21)18(19(23)30-15)29-13(4)22/h5-8,15-19,23H,9H2,1-4H3/t15-,16-,17+,18+,19+/m1/s1. The van der Waals surface area contributed by atoms with Gasteiger partial charge in [0.1, 0.15) is 6.10 Å². The predicted molar refractivity (Wildman–Crippen MR) is 102 cm³/mol. The molecule has 0 saturated carbocycles.